The Labute approximate surface area is 172 Å². The Bertz CT molecular complexity index is 1140. The summed E-state index contributed by atoms with van der Waals surface area (Å²) in [6.45, 7) is 3.75. The number of rotatable bonds is 5. The lowest BCUT2D eigenvalue weighted by molar-refractivity contribution is 0.0847. The van der Waals surface area contributed by atoms with E-state index < -0.39 is 21.8 Å². The van der Waals surface area contributed by atoms with E-state index in [1.165, 1.54) is 18.2 Å². The number of benzene rings is 2. The second-order valence-electron chi connectivity index (χ2n) is 6.37. The molecule has 29 heavy (non-hydrogen) atoms. The molecule has 2 aromatic carbocycles. The minimum Gasteiger partial charge on any atom is -0.278 e. The van der Waals surface area contributed by atoms with E-state index in [2.05, 4.69) is 15.6 Å². The molecule has 0 radical (unpaired) electrons. The molecule has 7 nitrogen and oxygen atoms in total. The van der Waals surface area contributed by atoms with Gasteiger partial charge in [-0.25, -0.2) is 8.42 Å². The van der Waals surface area contributed by atoms with E-state index in [1.807, 2.05) is 19.9 Å². The van der Waals surface area contributed by atoms with Crippen LogP contribution in [-0.2, 0) is 10.0 Å². The minimum absolute atomic E-state index is 0.0772. The number of carbonyl (C=O) groups is 2. The molecule has 0 aliphatic rings. The second-order valence-corrected chi connectivity index (χ2v) is 9.22. The molecule has 1 aromatic heterocycles. The molecular formula is C20H19N3O4S2. The number of anilines is 1. The highest BCUT2D eigenvalue weighted by atomic mass is 32.2. The summed E-state index contributed by atoms with van der Waals surface area (Å²) in [6.07, 6.45) is 0. The molecule has 0 aliphatic carbocycles. The van der Waals surface area contributed by atoms with Crippen LogP contribution in [0, 0.1) is 13.8 Å². The zero-order chi connectivity index (χ0) is 21.0. The van der Waals surface area contributed by atoms with E-state index in [0.717, 1.165) is 22.5 Å². The van der Waals surface area contributed by atoms with Crippen LogP contribution in [0.1, 0.15) is 31.8 Å². The predicted octanol–water partition coefficient (Wildman–Crippen LogP) is 3.24. The maximum atomic E-state index is 12.5. The number of hydrogen-bond donors (Lipinski definition) is 3. The molecule has 3 aromatic rings. The van der Waals surface area contributed by atoms with Gasteiger partial charge in [-0.1, -0.05) is 35.4 Å². The van der Waals surface area contributed by atoms with E-state index in [4.69, 9.17) is 0 Å². The Morgan fingerprint density at radius 2 is 1.52 bits per heavy atom. The first kappa shape index (κ1) is 20.6. The van der Waals surface area contributed by atoms with Crippen molar-refractivity contribution in [1.82, 2.24) is 10.9 Å². The average Bonchev–Trinajstić information content (AvgIpc) is 3.21. The molecule has 0 fully saturated rings. The van der Waals surface area contributed by atoms with Crippen LogP contribution in [0.3, 0.4) is 0 Å². The molecule has 3 N–H and O–H groups in total. The number of thiophene rings is 1. The topological polar surface area (TPSA) is 104 Å². The number of nitrogens with one attached hydrogen (secondary N) is 3. The molecule has 0 saturated heterocycles. The number of amides is 2. The lowest BCUT2D eigenvalue weighted by Gasteiger charge is -2.13. The van der Waals surface area contributed by atoms with Crippen molar-refractivity contribution in [1.29, 1.82) is 0 Å². The summed E-state index contributed by atoms with van der Waals surface area (Å²) in [5, 5.41) is 1.65. The van der Waals surface area contributed by atoms with Gasteiger partial charge in [-0.15, -0.1) is 11.3 Å². The number of carbonyl (C=O) groups excluding carboxylic acids is 2. The SMILES string of the molecule is Cc1cc(C)cc(C(=O)NNC(=O)c2ccccc2NS(=O)(=O)c2cccs2)c1. The number of sulfonamides is 1. The first-order valence-corrected chi connectivity index (χ1v) is 11.0. The van der Waals surface area contributed by atoms with Crippen LogP contribution < -0.4 is 15.6 Å². The average molecular weight is 430 g/mol. The van der Waals surface area contributed by atoms with Crippen molar-refractivity contribution >= 4 is 38.9 Å². The van der Waals surface area contributed by atoms with Crippen LogP contribution in [-0.4, -0.2) is 20.2 Å². The third-order valence-electron chi connectivity index (χ3n) is 3.95. The summed E-state index contributed by atoms with van der Waals surface area (Å²) in [5.74, 6) is -1.12. The van der Waals surface area contributed by atoms with E-state index in [9.17, 15) is 18.0 Å². The van der Waals surface area contributed by atoms with E-state index in [0.29, 0.717) is 5.56 Å². The quantitative estimate of drug-likeness (QED) is 0.542. The Morgan fingerprint density at radius 3 is 2.17 bits per heavy atom. The van der Waals surface area contributed by atoms with Gasteiger partial charge in [0.2, 0.25) is 0 Å². The Kier molecular flexibility index (Phi) is 6.00. The maximum Gasteiger partial charge on any atom is 0.271 e. The molecule has 0 atom stereocenters. The maximum absolute atomic E-state index is 12.5. The summed E-state index contributed by atoms with van der Waals surface area (Å²) in [4.78, 5) is 24.9. The molecule has 2 amide bonds. The fourth-order valence-electron chi connectivity index (χ4n) is 2.74. The van der Waals surface area contributed by atoms with Gasteiger partial charge in [0, 0.05) is 5.56 Å². The van der Waals surface area contributed by atoms with Crippen molar-refractivity contribution in [2.75, 3.05) is 4.72 Å². The van der Waals surface area contributed by atoms with Crippen LogP contribution >= 0.6 is 11.3 Å². The fourth-order valence-corrected chi connectivity index (χ4v) is 4.81. The Morgan fingerprint density at radius 1 is 0.862 bits per heavy atom. The molecule has 1 heterocycles. The van der Waals surface area contributed by atoms with Crippen LogP contribution in [0.25, 0.3) is 0 Å². The van der Waals surface area contributed by atoms with Crippen molar-refractivity contribution in [3.05, 3.63) is 82.2 Å². The lowest BCUT2D eigenvalue weighted by atomic mass is 10.1. The van der Waals surface area contributed by atoms with Crippen LogP contribution in [0.4, 0.5) is 5.69 Å². The smallest absolute Gasteiger partial charge is 0.271 e. The first-order chi connectivity index (χ1) is 13.8. The molecule has 9 heteroatoms. The molecule has 0 unspecified atom stereocenters. The Hall–Kier alpha value is -3.17. The van der Waals surface area contributed by atoms with Crippen molar-refractivity contribution in [2.45, 2.75) is 18.1 Å². The first-order valence-electron chi connectivity index (χ1n) is 8.60. The zero-order valence-corrected chi connectivity index (χ0v) is 17.4. The van der Waals surface area contributed by atoms with Crippen molar-refractivity contribution < 1.29 is 18.0 Å². The fraction of sp³-hybridized carbons (Fsp3) is 0.100. The molecular weight excluding hydrogens is 410 g/mol. The number of aryl methyl sites for hydroxylation is 2. The standard InChI is InChI=1S/C20H19N3O4S2/c1-13-10-14(2)12-15(11-13)19(24)21-22-20(25)16-6-3-4-7-17(16)23-29(26,27)18-8-5-9-28-18/h3-12,23H,1-2H3,(H,21,24)(H,22,25). The van der Waals surface area contributed by atoms with Gasteiger partial charge in [0.1, 0.15) is 4.21 Å². The van der Waals surface area contributed by atoms with Crippen molar-refractivity contribution in [2.24, 2.45) is 0 Å². The molecule has 0 bridgehead atoms. The summed E-state index contributed by atoms with van der Waals surface area (Å²) in [6, 6.07) is 14.6. The van der Waals surface area contributed by atoms with Crippen molar-refractivity contribution in [3.8, 4) is 0 Å². The predicted molar refractivity (Wildman–Crippen MR) is 112 cm³/mol. The van der Waals surface area contributed by atoms with Gasteiger partial charge in [0.25, 0.3) is 21.8 Å². The number of hydrazine groups is 1. The normalized spacial score (nSPS) is 11.0. The third kappa shape index (κ3) is 5.01. The van der Waals surface area contributed by atoms with E-state index in [-0.39, 0.29) is 15.5 Å². The Balaban J connectivity index is 1.74. The second kappa shape index (κ2) is 8.46. The highest BCUT2D eigenvalue weighted by molar-refractivity contribution is 7.94. The summed E-state index contributed by atoms with van der Waals surface area (Å²) < 4.78 is 27.4. The van der Waals surface area contributed by atoms with Crippen LogP contribution in [0.15, 0.2) is 64.2 Å². The van der Waals surface area contributed by atoms with Crippen molar-refractivity contribution in [3.63, 3.8) is 0 Å². The van der Waals surface area contributed by atoms with Gasteiger partial charge in [-0.3, -0.25) is 25.2 Å². The van der Waals surface area contributed by atoms with E-state index in [1.54, 1.807) is 35.7 Å². The van der Waals surface area contributed by atoms with Gasteiger partial charge in [-0.2, -0.15) is 0 Å². The molecule has 0 aliphatic heterocycles. The number of para-hydroxylation sites is 1. The monoisotopic (exact) mass is 429 g/mol. The van der Waals surface area contributed by atoms with Crippen LogP contribution in [0.5, 0.6) is 0 Å². The molecule has 3 rings (SSSR count). The van der Waals surface area contributed by atoms with Gasteiger partial charge in [-0.05, 0) is 49.6 Å². The third-order valence-corrected chi connectivity index (χ3v) is 6.71. The van der Waals surface area contributed by atoms with Gasteiger partial charge < -0.3 is 0 Å². The van der Waals surface area contributed by atoms with Crippen LogP contribution in [0.2, 0.25) is 0 Å². The zero-order valence-electron chi connectivity index (χ0n) is 15.7. The molecule has 0 saturated carbocycles. The summed E-state index contributed by atoms with van der Waals surface area (Å²) in [7, 11) is -3.81. The molecule has 150 valence electrons. The molecule has 0 spiro atoms. The lowest BCUT2D eigenvalue weighted by Crippen LogP contribution is -2.42. The highest BCUT2D eigenvalue weighted by Crippen LogP contribution is 2.22. The van der Waals surface area contributed by atoms with Gasteiger partial charge >= 0.3 is 0 Å². The van der Waals surface area contributed by atoms with Gasteiger partial charge in [0.15, 0.2) is 0 Å². The van der Waals surface area contributed by atoms with Gasteiger partial charge in [0.05, 0.1) is 11.3 Å². The highest BCUT2D eigenvalue weighted by Gasteiger charge is 2.19. The largest absolute Gasteiger partial charge is 0.278 e. The summed E-state index contributed by atoms with van der Waals surface area (Å²) >= 11 is 1.07. The number of hydrogen-bond acceptors (Lipinski definition) is 5. The van der Waals surface area contributed by atoms with E-state index >= 15 is 0 Å². The minimum atomic E-state index is -3.81. The summed E-state index contributed by atoms with van der Waals surface area (Å²) in [5.41, 5.74) is 7.13.